The van der Waals surface area contributed by atoms with Gasteiger partial charge in [0.2, 0.25) is 0 Å². The number of esters is 1. The molecule has 0 spiro atoms. The van der Waals surface area contributed by atoms with Crippen molar-refractivity contribution in [1.82, 2.24) is 4.98 Å². The van der Waals surface area contributed by atoms with Crippen LogP contribution in [0, 0.1) is 11.3 Å². The van der Waals surface area contributed by atoms with Crippen molar-refractivity contribution in [2.24, 2.45) is 0 Å². The molecule has 0 aliphatic carbocycles. The zero-order valence-electron chi connectivity index (χ0n) is 16.1. The lowest BCUT2D eigenvalue weighted by atomic mass is 10.0. The lowest BCUT2D eigenvalue weighted by Crippen LogP contribution is -2.12. The average Bonchev–Trinajstić information content (AvgIpc) is 3.18. The van der Waals surface area contributed by atoms with Crippen LogP contribution >= 0.6 is 11.3 Å². The van der Waals surface area contributed by atoms with Crippen LogP contribution in [0.3, 0.4) is 0 Å². The van der Waals surface area contributed by atoms with Crippen LogP contribution in [0.5, 0.6) is 11.5 Å². The third-order valence-corrected chi connectivity index (χ3v) is 4.92. The van der Waals surface area contributed by atoms with Crippen molar-refractivity contribution in [2.75, 3.05) is 20.8 Å². The van der Waals surface area contributed by atoms with Gasteiger partial charge in [0, 0.05) is 23.8 Å². The Labute approximate surface area is 167 Å². The minimum absolute atomic E-state index is 0.127. The first-order chi connectivity index (χ1) is 13.5. The number of benzene rings is 1. The van der Waals surface area contributed by atoms with Gasteiger partial charge in [0.25, 0.3) is 0 Å². The summed E-state index contributed by atoms with van der Waals surface area (Å²) in [6.07, 6.45) is 0.637. The highest BCUT2D eigenvalue weighted by Gasteiger charge is 2.24. The summed E-state index contributed by atoms with van der Waals surface area (Å²) in [5, 5.41) is 11.7. The Morgan fingerprint density at radius 3 is 2.61 bits per heavy atom. The molecule has 1 aromatic heterocycles. The van der Waals surface area contributed by atoms with E-state index in [1.54, 1.807) is 38.7 Å². The van der Waals surface area contributed by atoms with Gasteiger partial charge in [-0.1, -0.05) is 0 Å². The number of carbonyl (C=O) groups is 2. The van der Waals surface area contributed by atoms with E-state index in [-0.39, 0.29) is 24.6 Å². The van der Waals surface area contributed by atoms with Crippen LogP contribution in [0.1, 0.15) is 37.1 Å². The summed E-state index contributed by atoms with van der Waals surface area (Å²) in [5.74, 6) is -0.357. The van der Waals surface area contributed by atoms with Crippen LogP contribution in [0.25, 0.3) is 11.3 Å². The Balaban J connectivity index is 2.09. The lowest BCUT2D eigenvalue weighted by molar-refractivity contribution is -0.143. The Morgan fingerprint density at radius 2 is 1.96 bits per heavy atom. The third kappa shape index (κ3) is 5.30. The number of methoxy groups -OCH3 is 2. The number of thiazole rings is 1. The molecule has 2 aromatic rings. The fourth-order valence-electron chi connectivity index (χ4n) is 2.60. The average molecular weight is 402 g/mol. The van der Waals surface area contributed by atoms with Crippen LogP contribution in [0.2, 0.25) is 0 Å². The number of carbonyl (C=O) groups excluding carboxylic acids is 2. The van der Waals surface area contributed by atoms with Gasteiger partial charge >= 0.3 is 5.97 Å². The monoisotopic (exact) mass is 402 g/mol. The van der Waals surface area contributed by atoms with Crippen LogP contribution < -0.4 is 9.47 Å². The predicted octanol–water partition coefficient (Wildman–Crippen LogP) is 3.74. The van der Waals surface area contributed by atoms with Crippen molar-refractivity contribution < 1.29 is 23.8 Å². The summed E-state index contributed by atoms with van der Waals surface area (Å²) < 4.78 is 15.4. The van der Waals surface area contributed by atoms with Gasteiger partial charge in [0.15, 0.2) is 23.2 Å². The first kappa shape index (κ1) is 21.4. The van der Waals surface area contributed by atoms with Crippen LogP contribution in [-0.2, 0) is 14.3 Å². The highest BCUT2D eigenvalue weighted by Crippen LogP contribution is 2.34. The molecular weight excluding hydrogens is 380 g/mol. The third-order valence-electron chi connectivity index (χ3n) is 4.01. The molecule has 148 valence electrons. The minimum atomic E-state index is -0.943. The molecule has 0 N–H and O–H groups in total. The van der Waals surface area contributed by atoms with Crippen molar-refractivity contribution in [1.29, 1.82) is 5.26 Å². The number of aromatic nitrogens is 1. The standard InChI is InChI=1S/C20H22N2O5S/c1-4-27-19(24)7-5-6-16(23)14(11-21)20-22-15(12-28-20)13-8-9-17(25-2)18(10-13)26-3/h8-10,12,14H,4-7H2,1-3H3. The van der Waals surface area contributed by atoms with Crippen molar-refractivity contribution >= 4 is 23.1 Å². The van der Waals surface area contributed by atoms with Gasteiger partial charge < -0.3 is 14.2 Å². The fraction of sp³-hybridized carbons (Fsp3) is 0.400. The maximum Gasteiger partial charge on any atom is 0.305 e. The quantitative estimate of drug-likeness (QED) is 0.558. The van der Waals surface area contributed by atoms with Crippen LogP contribution in [-0.4, -0.2) is 37.6 Å². The van der Waals surface area contributed by atoms with E-state index in [0.717, 1.165) is 5.56 Å². The topological polar surface area (TPSA) is 98.5 Å². The molecule has 0 saturated heterocycles. The molecule has 0 saturated carbocycles. The van der Waals surface area contributed by atoms with Crippen molar-refractivity contribution in [3.8, 4) is 28.8 Å². The molecule has 1 aromatic carbocycles. The number of rotatable bonds is 10. The van der Waals surface area contributed by atoms with E-state index in [0.29, 0.717) is 35.2 Å². The van der Waals surface area contributed by atoms with E-state index in [4.69, 9.17) is 14.2 Å². The fourth-order valence-corrected chi connectivity index (χ4v) is 3.49. The molecule has 2 rings (SSSR count). The smallest absolute Gasteiger partial charge is 0.305 e. The van der Waals surface area contributed by atoms with Crippen molar-refractivity contribution in [2.45, 2.75) is 32.1 Å². The Kier molecular flexibility index (Phi) is 7.96. The van der Waals surface area contributed by atoms with Gasteiger partial charge in [-0.25, -0.2) is 4.98 Å². The largest absolute Gasteiger partial charge is 0.493 e. The molecule has 0 bridgehead atoms. The maximum atomic E-state index is 12.4. The molecule has 8 heteroatoms. The van der Waals surface area contributed by atoms with Crippen LogP contribution in [0.4, 0.5) is 0 Å². The molecule has 1 heterocycles. The second-order valence-electron chi connectivity index (χ2n) is 5.83. The highest BCUT2D eigenvalue weighted by atomic mass is 32.1. The summed E-state index contributed by atoms with van der Waals surface area (Å²) in [6, 6.07) is 7.43. The van der Waals surface area contributed by atoms with Gasteiger partial charge in [0.05, 0.1) is 32.6 Å². The molecular formula is C20H22N2O5S. The second kappa shape index (κ2) is 10.4. The number of nitriles is 1. The van der Waals surface area contributed by atoms with E-state index in [2.05, 4.69) is 4.98 Å². The second-order valence-corrected chi connectivity index (χ2v) is 6.72. The summed E-state index contributed by atoms with van der Waals surface area (Å²) >= 11 is 1.26. The number of hydrogen-bond acceptors (Lipinski definition) is 8. The van der Waals surface area contributed by atoms with E-state index in [1.165, 1.54) is 11.3 Å². The minimum Gasteiger partial charge on any atom is -0.493 e. The van der Waals surface area contributed by atoms with Gasteiger partial charge in [-0.05, 0) is 31.5 Å². The van der Waals surface area contributed by atoms with E-state index in [9.17, 15) is 14.9 Å². The van der Waals surface area contributed by atoms with Crippen LogP contribution in [0.15, 0.2) is 23.6 Å². The summed E-state index contributed by atoms with van der Waals surface area (Å²) in [4.78, 5) is 28.2. The summed E-state index contributed by atoms with van der Waals surface area (Å²) in [6.45, 7) is 2.04. The van der Waals surface area contributed by atoms with Gasteiger partial charge in [-0.3, -0.25) is 9.59 Å². The molecule has 0 fully saturated rings. The van der Waals surface area contributed by atoms with Crippen molar-refractivity contribution in [3.05, 3.63) is 28.6 Å². The molecule has 0 aliphatic heterocycles. The van der Waals surface area contributed by atoms with Crippen molar-refractivity contribution in [3.63, 3.8) is 0 Å². The lowest BCUT2D eigenvalue weighted by Gasteiger charge is -2.08. The SMILES string of the molecule is CCOC(=O)CCCC(=O)C(C#N)c1nc(-c2ccc(OC)c(OC)c2)cs1. The first-order valence-electron chi connectivity index (χ1n) is 8.79. The maximum absolute atomic E-state index is 12.4. The molecule has 1 atom stereocenters. The molecule has 0 radical (unpaired) electrons. The normalized spacial score (nSPS) is 11.4. The van der Waals surface area contributed by atoms with Gasteiger partial charge in [-0.15, -0.1) is 11.3 Å². The zero-order valence-corrected chi connectivity index (χ0v) is 16.9. The number of ether oxygens (including phenoxy) is 3. The Hall–Kier alpha value is -2.92. The Morgan fingerprint density at radius 1 is 1.21 bits per heavy atom. The number of hydrogen-bond donors (Lipinski definition) is 0. The molecule has 28 heavy (non-hydrogen) atoms. The molecule has 0 amide bonds. The summed E-state index contributed by atoms with van der Waals surface area (Å²) in [7, 11) is 3.11. The number of ketones is 1. The number of nitrogens with zero attached hydrogens (tertiary/aromatic N) is 2. The number of Topliss-reactive ketones (excluding diaryl/α,β-unsaturated/α-hetero) is 1. The van der Waals surface area contributed by atoms with Gasteiger partial charge in [0.1, 0.15) is 5.01 Å². The first-order valence-corrected chi connectivity index (χ1v) is 9.67. The van der Waals surface area contributed by atoms with E-state index in [1.807, 2.05) is 12.1 Å². The van der Waals surface area contributed by atoms with E-state index < -0.39 is 5.92 Å². The zero-order chi connectivity index (χ0) is 20.5. The summed E-state index contributed by atoms with van der Waals surface area (Å²) in [5.41, 5.74) is 1.45. The van der Waals surface area contributed by atoms with E-state index >= 15 is 0 Å². The molecule has 0 aliphatic rings. The van der Waals surface area contributed by atoms with Gasteiger partial charge in [-0.2, -0.15) is 5.26 Å². The molecule has 1 unspecified atom stereocenters. The molecule has 7 nitrogen and oxygen atoms in total. The predicted molar refractivity (Wildman–Crippen MR) is 104 cm³/mol. The Bertz CT molecular complexity index is 872. The highest BCUT2D eigenvalue weighted by molar-refractivity contribution is 7.10.